The largest absolute Gasteiger partial charge is 0.391 e. The van der Waals surface area contributed by atoms with Gasteiger partial charge in [-0.2, -0.15) is 4.31 Å². The highest BCUT2D eigenvalue weighted by Crippen LogP contribution is 2.32. The summed E-state index contributed by atoms with van der Waals surface area (Å²) < 4.78 is 26.4. The second-order valence-corrected chi connectivity index (χ2v) is 7.66. The Bertz CT molecular complexity index is 552. The van der Waals surface area contributed by atoms with E-state index in [1.54, 1.807) is 6.07 Å². The second-order valence-electron chi connectivity index (χ2n) is 4.32. The van der Waals surface area contributed by atoms with E-state index in [9.17, 15) is 8.42 Å². The molecule has 0 aliphatic heterocycles. The van der Waals surface area contributed by atoms with Gasteiger partial charge in [0.1, 0.15) is 4.21 Å². The van der Waals surface area contributed by atoms with E-state index < -0.39 is 10.0 Å². The Hall–Kier alpha value is -0.870. The first-order chi connectivity index (χ1) is 8.57. The molecule has 1 aromatic heterocycles. The summed E-state index contributed by atoms with van der Waals surface area (Å²) in [7, 11) is -3.51. The summed E-state index contributed by atoms with van der Waals surface area (Å²) in [4.78, 5) is 0.639. The molecule has 6 heteroatoms. The van der Waals surface area contributed by atoms with Crippen LogP contribution in [0.1, 0.15) is 17.7 Å². The molecule has 2 rings (SSSR count). The van der Waals surface area contributed by atoms with Gasteiger partial charge in [-0.25, -0.2) is 8.42 Å². The van der Waals surface area contributed by atoms with Crippen molar-refractivity contribution < 1.29 is 13.5 Å². The standard InChI is InChI=1S/C12H15NO3S2/c1-2-7-13(8-10-3-4-10)18(15,16)12-6-5-11(9-14)17-12/h1,5-6,10,14H,3-4,7-9H2. The third kappa shape index (κ3) is 2.93. The molecule has 1 N–H and O–H groups in total. The smallest absolute Gasteiger partial charge is 0.253 e. The fraction of sp³-hybridized carbons (Fsp3) is 0.500. The third-order valence-electron chi connectivity index (χ3n) is 2.81. The van der Waals surface area contributed by atoms with E-state index in [4.69, 9.17) is 11.5 Å². The molecule has 18 heavy (non-hydrogen) atoms. The molecule has 1 fully saturated rings. The molecule has 0 spiro atoms. The zero-order chi connectivity index (χ0) is 13.2. The van der Waals surface area contributed by atoms with Crippen LogP contribution >= 0.6 is 11.3 Å². The Morgan fingerprint density at radius 2 is 2.22 bits per heavy atom. The number of nitrogens with zero attached hydrogens (tertiary/aromatic N) is 1. The molecular formula is C12H15NO3S2. The Balaban J connectivity index is 2.22. The molecule has 0 bridgehead atoms. The Kier molecular flexibility index (Phi) is 4.07. The average Bonchev–Trinajstić information content (AvgIpc) is 3.02. The van der Waals surface area contributed by atoms with E-state index in [-0.39, 0.29) is 17.4 Å². The first-order valence-electron chi connectivity index (χ1n) is 5.71. The van der Waals surface area contributed by atoms with Crippen LogP contribution in [0.2, 0.25) is 0 Å². The number of terminal acetylenes is 1. The number of aliphatic hydroxyl groups excluding tert-OH is 1. The van der Waals surface area contributed by atoms with E-state index in [1.165, 1.54) is 10.4 Å². The predicted octanol–water partition coefficient (Wildman–Crippen LogP) is 1.27. The molecule has 0 atom stereocenters. The van der Waals surface area contributed by atoms with Crippen LogP contribution < -0.4 is 0 Å². The molecule has 0 radical (unpaired) electrons. The number of hydrogen-bond acceptors (Lipinski definition) is 4. The molecule has 0 saturated heterocycles. The predicted molar refractivity (Wildman–Crippen MR) is 70.6 cm³/mol. The first-order valence-corrected chi connectivity index (χ1v) is 7.96. The van der Waals surface area contributed by atoms with Crippen LogP contribution in [0.4, 0.5) is 0 Å². The Morgan fingerprint density at radius 1 is 1.50 bits per heavy atom. The van der Waals surface area contributed by atoms with E-state index in [2.05, 4.69) is 5.92 Å². The minimum Gasteiger partial charge on any atom is -0.391 e. The van der Waals surface area contributed by atoms with Crippen LogP contribution in [0.5, 0.6) is 0 Å². The highest BCUT2D eigenvalue weighted by atomic mass is 32.2. The van der Waals surface area contributed by atoms with Gasteiger partial charge in [-0.1, -0.05) is 5.92 Å². The van der Waals surface area contributed by atoms with Crippen LogP contribution in [0, 0.1) is 18.3 Å². The minimum absolute atomic E-state index is 0.102. The molecule has 4 nitrogen and oxygen atoms in total. The van der Waals surface area contributed by atoms with Crippen molar-refractivity contribution in [3.8, 4) is 12.3 Å². The zero-order valence-electron chi connectivity index (χ0n) is 9.87. The van der Waals surface area contributed by atoms with Gasteiger partial charge in [-0.05, 0) is 30.9 Å². The van der Waals surface area contributed by atoms with Crippen molar-refractivity contribution in [2.75, 3.05) is 13.1 Å². The van der Waals surface area contributed by atoms with Crippen molar-refractivity contribution in [3.05, 3.63) is 17.0 Å². The van der Waals surface area contributed by atoms with Crippen LogP contribution in [0.3, 0.4) is 0 Å². The topological polar surface area (TPSA) is 57.6 Å². The fourth-order valence-electron chi connectivity index (χ4n) is 1.65. The SMILES string of the molecule is C#CCN(CC1CC1)S(=O)(=O)c1ccc(CO)s1. The van der Waals surface area contributed by atoms with Gasteiger partial charge in [0.05, 0.1) is 13.2 Å². The van der Waals surface area contributed by atoms with Gasteiger partial charge in [0.25, 0.3) is 10.0 Å². The van der Waals surface area contributed by atoms with Crippen molar-refractivity contribution in [1.29, 1.82) is 0 Å². The van der Waals surface area contributed by atoms with Crippen LogP contribution in [-0.4, -0.2) is 30.9 Å². The van der Waals surface area contributed by atoms with Gasteiger partial charge in [0.2, 0.25) is 0 Å². The Morgan fingerprint density at radius 3 is 2.72 bits per heavy atom. The molecule has 1 saturated carbocycles. The lowest BCUT2D eigenvalue weighted by Crippen LogP contribution is -2.32. The molecule has 0 unspecified atom stereocenters. The summed E-state index contributed by atoms with van der Waals surface area (Å²) in [5.41, 5.74) is 0. The zero-order valence-corrected chi connectivity index (χ0v) is 11.5. The quantitative estimate of drug-likeness (QED) is 0.801. The summed E-state index contributed by atoms with van der Waals surface area (Å²) in [5.74, 6) is 2.85. The lowest BCUT2D eigenvalue weighted by atomic mass is 10.4. The van der Waals surface area contributed by atoms with Gasteiger partial charge in [-0.3, -0.25) is 0 Å². The monoisotopic (exact) mass is 285 g/mol. The number of rotatable bonds is 6. The van der Waals surface area contributed by atoms with Gasteiger partial charge < -0.3 is 5.11 Å². The second kappa shape index (κ2) is 5.41. The number of hydrogen-bond donors (Lipinski definition) is 1. The molecule has 1 heterocycles. The van der Waals surface area contributed by atoms with E-state index in [0.29, 0.717) is 17.3 Å². The molecule has 0 aromatic carbocycles. The van der Waals surface area contributed by atoms with Crippen molar-refractivity contribution in [3.63, 3.8) is 0 Å². The maximum Gasteiger partial charge on any atom is 0.253 e. The third-order valence-corrected chi connectivity index (χ3v) is 6.16. The van der Waals surface area contributed by atoms with E-state index in [1.807, 2.05) is 0 Å². The summed E-state index contributed by atoms with van der Waals surface area (Å²) in [6.07, 6.45) is 7.38. The molecule has 1 aromatic rings. The van der Waals surface area contributed by atoms with Crippen LogP contribution in [0.25, 0.3) is 0 Å². The maximum atomic E-state index is 12.4. The molecule has 1 aliphatic carbocycles. The van der Waals surface area contributed by atoms with Crippen molar-refractivity contribution >= 4 is 21.4 Å². The highest BCUT2D eigenvalue weighted by Gasteiger charge is 2.32. The number of sulfonamides is 1. The minimum atomic E-state index is -3.51. The van der Waals surface area contributed by atoms with E-state index >= 15 is 0 Å². The van der Waals surface area contributed by atoms with Gasteiger partial charge >= 0.3 is 0 Å². The van der Waals surface area contributed by atoms with Crippen LogP contribution in [0.15, 0.2) is 16.3 Å². The normalized spacial score (nSPS) is 15.8. The fourth-order valence-corrected chi connectivity index (χ4v) is 4.45. The lowest BCUT2D eigenvalue weighted by Gasteiger charge is -2.18. The summed E-state index contributed by atoms with van der Waals surface area (Å²) >= 11 is 1.09. The Labute approximate surface area is 111 Å². The van der Waals surface area contributed by atoms with Gasteiger partial charge in [-0.15, -0.1) is 17.8 Å². The molecule has 1 aliphatic rings. The lowest BCUT2D eigenvalue weighted by molar-refractivity contribution is 0.285. The summed E-state index contributed by atoms with van der Waals surface area (Å²) in [6.45, 7) is 0.460. The van der Waals surface area contributed by atoms with Crippen molar-refractivity contribution in [2.24, 2.45) is 5.92 Å². The molecule has 0 amide bonds. The van der Waals surface area contributed by atoms with E-state index in [0.717, 1.165) is 24.2 Å². The van der Waals surface area contributed by atoms with Gasteiger partial charge in [0, 0.05) is 11.4 Å². The number of thiophene rings is 1. The van der Waals surface area contributed by atoms with Gasteiger partial charge in [0.15, 0.2) is 0 Å². The van der Waals surface area contributed by atoms with Crippen LogP contribution in [-0.2, 0) is 16.6 Å². The van der Waals surface area contributed by atoms with Crippen molar-refractivity contribution in [2.45, 2.75) is 23.7 Å². The molecule has 98 valence electrons. The maximum absolute atomic E-state index is 12.4. The summed E-state index contributed by atoms with van der Waals surface area (Å²) in [6, 6.07) is 3.16. The molecular weight excluding hydrogens is 270 g/mol. The average molecular weight is 285 g/mol. The number of aliphatic hydroxyl groups is 1. The van der Waals surface area contributed by atoms with Crippen molar-refractivity contribution in [1.82, 2.24) is 4.31 Å². The first kappa shape index (κ1) is 13.6. The highest BCUT2D eigenvalue weighted by molar-refractivity contribution is 7.91. The summed E-state index contributed by atoms with van der Waals surface area (Å²) in [5, 5.41) is 8.98.